The lowest BCUT2D eigenvalue weighted by molar-refractivity contribution is -0.145. The molecule has 2 N–H and O–H groups in total. The fourth-order valence-electron chi connectivity index (χ4n) is 6.13. The molecule has 0 saturated carbocycles. The lowest BCUT2D eigenvalue weighted by atomic mass is 9.90. The number of nitrogens with one attached hydrogen (secondary N) is 2. The van der Waals surface area contributed by atoms with E-state index in [0.29, 0.717) is 6.54 Å². The molecule has 1 aromatic carbocycles. The Labute approximate surface area is 247 Å². The number of likely N-dealkylation sites (N-methyl/N-ethyl adjacent to an activating group) is 2. The summed E-state index contributed by atoms with van der Waals surface area (Å²) in [5.41, 5.74) is 1.19. The molecule has 0 radical (unpaired) electrons. The van der Waals surface area contributed by atoms with Crippen LogP contribution in [-0.4, -0.2) is 99.3 Å². The van der Waals surface area contributed by atoms with Gasteiger partial charge < -0.3 is 29.9 Å². The molecular weight excluding hydrogens is 520 g/mol. The molecule has 1 aliphatic rings. The fourth-order valence-corrected chi connectivity index (χ4v) is 6.13. The SMILES string of the molecule is CCC(Cc1ccccc1)NC(=O)C(C)C(OC)C1CCCN1C(=O)CC(OC)C(C(C)CC)N(C)C(=O)CNC. The first kappa shape index (κ1) is 34.7. The minimum Gasteiger partial charge on any atom is -0.379 e. The van der Waals surface area contributed by atoms with E-state index in [-0.39, 0.29) is 54.7 Å². The van der Waals surface area contributed by atoms with Gasteiger partial charge in [-0.15, -0.1) is 0 Å². The molecule has 1 aromatic rings. The maximum absolute atomic E-state index is 13.8. The zero-order chi connectivity index (χ0) is 30.5. The zero-order valence-corrected chi connectivity index (χ0v) is 26.5. The average molecular weight is 575 g/mol. The largest absolute Gasteiger partial charge is 0.379 e. The van der Waals surface area contributed by atoms with Gasteiger partial charge in [0.1, 0.15) is 0 Å². The average Bonchev–Trinajstić information content (AvgIpc) is 3.46. The van der Waals surface area contributed by atoms with Gasteiger partial charge in [0.05, 0.1) is 43.2 Å². The molecule has 232 valence electrons. The normalized spacial score (nSPS) is 19.6. The number of benzene rings is 1. The van der Waals surface area contributed by atoms with E-state index in [4.69, 9.17) is 9.47 Å². The summed E-state index contributed by atoms with van der Waals surface area (Å²) in [5.74, 6) is -0.420. The van der Waals surface area contributed by atoms with Gasteiger partial charge in [0, 0.05) is 33.9 Å². The maximum Gasteiger partial charge on any atom is 0.236 e. The predicted molar refractivity (Wildman–Crippen MR) is 162 cm³/mol. The van der Waals surface area contributed by atoms with E-state index in [9.17, 15) is 14.4 Å². The van der Waals surface area contributed by atoms with Gasteiger partial charge in [0.25, 0.3) is 0 Å². The molecule has 9 nitrogen and oxygen atoms in total. The Kier molecular flexibility index (Phi) is 14.8. The monoisotopic (exact) mass is 574 g/mol. The van der Waals surface area contributed by atoms with E-state index in [1.807, 2.05) is 30.0 Å². The molecule has 0 aliphatic carbocycles. The third-order valence-corrected chi connectivity index (χ3v) is 8.80. The summed E-state index contributed by atoms with van der Waals surface area (Å²) in [6.45, 7) is 8.97. The molecule has 3 amide bonds. The summed E-state index contributed by atoms with van der Waals surface area (Å²) < 4.78 is 11.8. The molecule has 0 spiro atoms. The van der Waals surface area contributed by atoms with E-state index in [2.05, 4.69) is 43.5 Å². The van der Waals surface area contributed by atoms with E-state index < -0.39 is 18.1 Å². The first-order valence-electron chi connectivity index (χ1n) is 15.2. The second kappa shape index (κ2) is 17.5. The van der Waals surface area contributed by atoms with Gasteiger partial charge in [0.15, 0.2) is 0 Å². The van der Waals surface area contributed by atoms with Crippen molar-refractivity contribution >= 4 is 17.7 Å². The zero-order valence-electron chi connectivity index (χ0n) is 26.5. The van der Waals surface area contributed by atoms with Crippen LogP contribution >= 0.6 is 0 Å². The van der Waals surface area contributed by atoms with Crippen LogP contribution in [0.2, 0.25) is 0 Å². The number of carbonyl (C=O) groups is 3. The summed E-state index contributed by atoms with van der Waals surface area (Å²) in [6.07, 6.45) is 3.34. The first-order valence-corrected chi connectivity index (χ1v) is 15.2. The molecular formula is C32H54N4O5. The Bertz CT molecular complexity index is 945. The Morgan fingerprint density at radius 3 is 2.32 bits per heavy atom. The number of rotatable bonds is 17. The summed E-state index contributed by atoms with van der Waals surface area (Å²) >= 11 is 0. The van der Waals surface area contributed by atoms with Gasteiger partial charge in [-0.05, 0) is 44.2 Å². The van der Waals surface area contributed by atoms with Crippen molar-refractivity contribution in [2.45, 2.75) is 96.6 Å². The number of methoxy groups -OCH3 is 2. The lowest BCUT2D eigenvalue weighted by Crippen LogP contribution is -2.54. The quantitative estimate of drug-likeness (QED) is 0.296. The highest BCUT2D eigenvalue weighted by molar-refractivity contribution is 5.81. The highest BCUT2D eigenvalue weighted by Gasteiger charge is 2.42. The number of hydrogen-bond acceptors (Lipinski definition) is 6. The molecule has 0 bridgehead atoms. The summed E-state index contributed by atoms with van der Waals surface area (Å²) in [7, 11) is 6.76. The number of hydrogen-bond donors (Lipinski definition) is 2. The van der Waals surface area contributed by atoms with E-state index in [0.717, 1.165) is 32.1 Å². The van der Waals surface area contributed by atoms with Gasteiger partial charge in [-0.2, -0.15) is 0 Å². The van der Waals surface area contributed by atoms with Gasteiger partial charge in [-0.3, -0.25) is 14.4 Å². The molecule has 41 heavy (non-hydrogen) atoms. The van der Waals surface area contributed by atoms with E-state index in [1.165, 1.54) is 5.56 Å². The van der Waals surface area contributed by atoms with Gasteiger partial charge in [0.2, 0.25) is 17.7 Å². The molecule has 1 fully saturated rings. The van der Waals surface area contributed by atoms with Crippen LogP contribution in [0.5, 0.6) is 0 Å². The van der Waals surface area contributed by atoms with Crippen molar-refractivity contribution in [1.29, 1.82) is 0 Å². The van der Waals surface area contributed by atoms with Crippen molar-refractivity contribution in [3.63, 3.8) is 0 Å². The van der Waals surface area contributed by atoms with Crippen molar-refractivity contribution in [2.75, 3.05) is 41.4 Å². The second-order valence-electron chi connectivity index (χ2n) is 11.5. The number of ether oxygens (including phenoxy) is 2. The standard InChI is InChI=1S/C32H54N4O5/c1-9-22(3)30(35(6)29(38)21-33-5)27(40-7)20-28(37)36-18-14-17-26(36)31(41-8)23(4)32(39)34-25(10-2)19-24-15-12-11-13-16-24/h11-13,15-16,22-23,25-27,30-31,33H,9-10,14,17-21H2,1-8H3,(H,34,39). The Morgan fingerprint density at radius 2 is 1.76 bits per heavy atom. The van der Waals surface area contributed by atoms with Crippen LogP contribution < -0.4 is 10.6 Å². The molecule has 1 aliphatic heterocycles. The van der Waals surface area contributed by atoms with Crippen molar-refractivity contribution in [3.8, 4) is 0 Å². The summed E-state index contributed by atoms with van der Waals surface area (Å²) in [6, 6.07) is 9.74. The van der Waals surface area contributed by atoms with Crippen molar-refractivity contribution in [2.24, 2.45) is 11.8 Å². The lowest BCUT2D eigenvalue weighted by Gasteiger charge is -2.39. The second-order valence-corrected chi connectivity index (χ2v) is 11.5. The van der Waals surface area contributed by atoms with Crippen LogP contribution in [-0.2, 0) is 30.3 Å². The summed E-state index contributed by atoms with van der Waals surface area (Å²) in [5, 5.41) is 6.14. The Hall–Kier alpha value is -2.49. The molecule has 7 atom stereocenters. The van der Waals surface area contributed by atoms with E-state index >= 15 is 0 Å². The highest BCUT2D eigenvalue weighted by Crippen LogP contribution is 2.29. The van der Waals surface area contributed by atoms with E-state index in [1.54, 1.807) is 33.2 Å². The number of amides is 3. The molecule has 1 saturated heterocycles. The minimum atomic E-state index is -0.450. The maximum atomic E-state index is 13.8. The van der Waals surface area contributed by atoms with Crippen molar-refractivity contribution in [3.05, 3.63) is 35.9 Å². The first-order chi connectivity index (χ1) is 19.6. The predicted octanol–water partition coefficient (Wildman–Crippen LogP) is 3.26. The van der Waals surface area contributed by atoms with Crippen LogP contribution in [0, 0.1) is 11.8 Å². The summed E-state index contributed by atoms with van der Waals surface area (Å²) in [4.78, 5) is 43.5. The molecule has 2 rings (SSSR count). The third-order valence-electron chi connectivity index (χ3n) is 8.80. The van der Waals surface area contributed by atoms with Gasteiger partial charge >= 0.3 is 0 Å². The van der Waals surface area contributed by atoms with Crippen molar-refractivity contribution < 1.29 is 23.9 Å². The number of nitrogens with zero attached hydrogens (tertiary/aromatic N) is 2. The smallest absolute Gasteiger partial charge is 0.236 e. The minimum absolute atomic E-state index is 0.0220. The Morgan fingerprint density at radius 1 is 1.07 bits per heavy atom. The molecule has 1 heterocycles. The molecule has 7 unspecified atom stereocenters. The van der Waals surface area contributed by atoms with Crippen molar-refractivity contribution in [1.82, 2.24) is 20.4 Å². The Balaban J connectivity index is 2.14. The van der Waals surface area contributed by atoms with Crippen LogP contribution in [0.3, 0.4) is 0 Å². The van der Waals surface area contributed by atoms with Gasteiger partial charge in [-0.1, -0.05) is 64.4 Å². The number of likely N-dealkylation sites (tertiary alicyclic amines) is 1. The topological polar surface area (TPSA) is 100 Å². The molecule has 0 aromatic heterocycles. The molecule has 9 heteroatoms. The van der Waals surface area contributed by atoms with Crippen LogP contribution in [0.4, 0.5) is 0 Å². The third kappa shape index (κ3) is 9.51. The highest BCUT2D eigenvalue weighted by atomic mass is 16.5. The van der Waals surface area contributed by atoms with Crippen LogP contribution in [0.15, 0.2) is 30.3 Å². The van der Waals surface area contributed by atoms with Crippen LogP contribution in [0.1, 0.15) is 65.4 Å². The number of carbonyl (C=O) groups excluding carboxylic acids is 3. The van der Waals surface area contributed by atoms with Crippen LogP contribution in [0.25, 0.3) is 0 Å². The van der Waals surface area contributed by atoms with Gasteiger partial charge in [-0.25, -0.2) is 0 Å². The fraction of sp³-hybridized carbons (Fsp3) is 0.719.